The Hall–Kier alpha value is -0.120. The van der Waals surface area contributed by atoms with Gasteiger partial charge in [0.15, 0.2) is 0 Å². The van der Waals surface area contributed by atoms with Crippen LogP contribution in [0.1, 0.15) is 45.4 Å². The molecule has 15 heavy (non-hydrogen) atoms. The van der Waals surface area contributed by atoms with E-state index in [0.29, 0.717) is 13.2 Å². The van der Waals surface area contributed by atoms with E-state index in [-0.39, 0.29) is 0 Å². The van der Waals surface area contributed by atoms with Crippen molar-refractivity contribution in [3.05, 3.63) is 0 Å². The molecule has 0 aromatic carbocycles. The zero-order chi connectivity index (χ0) is 10.9. The molecule has 2 rings (SSSR count). The van der Waals surface area contributed by atoms with Crippen LogP contribution in [0.5, 0.6) is 0 Å². The third-order valence-corrected chi connectivity index (χ3v) is 4.32. The van der Waals surface area contributed by atoms with Gasteiger partial charge in [0.1, 0.15) is 0 Å². The molecule has 3 heteroatoms. The molecule has 1 aliphatic carbocycles. The van der Waals surface area contributed by atoms with E-state index >= 15 is 0 Å². The number of aliphatic hydroxyl groups is 1. The van der Waals surface area contributed by atoms with Gasteiger partial charge in [-0.1, -0.05) is 19.8 Å². The van der Waals surface area contributed by atoms with Gasteiger partial charge in [0.25, 0.3) is 0 Å². The molecule has 1 saturated carbocycles. The predicted octanol–water partition coefficient (Wildman–Crippen LogP) is 1.44. The topological polar surface area (TPSA) is 55.5 Å². The van der Waals surface area contributed by atoms with Gasteiger partial charge in [-0.3, -0.25) is 0 Å². The van der Waals surface area contributed by atoms with E-state index in [1.54, 1.807) is 0 Å². The van der Waals surface area contributed by atoms with Crippen molar-refractivity contribution in [2.75, 3.05) is 13.2 Å². The second-order valence-electron chi connectivity index (χ2n) is 5.53. The average molecular weight is 213 g/mol. The van der Waals surface area contributed by atoms with Crippen LogP contribution in [0.25, 0.3) is 0 Å². The normalized spacial score (nSPS) is 47.8. The molecule has 0 aromatic heterocycles. The van der Waals surface area contributed by atoms with Crippen LogP contribution in [-0.2, 0) is 4.74 Å². The molecule has 0 bridgehead atoms. The van der Waals surface area contributed by atoms with Crippen molar-refractivity contribution in [1.29, 1.82) is 0 Å². The van der Waals surface area contributed by atoms with Gasteiger partial charge in [0, 0.05) is 6.61 Å². The maximum absolute atomic E-state index is 10.7. The van der Waals surface area contributed by atoms with Gasteiger partial charge in [0.05, 0.1) is 17.7 Å². The van der Waals surface area contributed by atoms with Crippen LogP contribution in [0.2, 0.25) is 0 Å². The molecule has 1 heterocycles. The van der Waals surface area contributed by atoms with E-state index < -0.39 is 11.1 Å². The maximum atomic E-state index is 10.7. The van der Waals surface area contributed by atoms with Crippen molar-refractivity contribution in [2.24, 2.45) is 11.7 Å². The highest BCUT2D eigenvalue weighted by atomic mass is 16.5. The second-order valence-corrected chi connectivity index (χ2v) is 5.53. The summed E-state index contributed by atoms with van der Waals surface area (Å²) in [6.07, 6.45) is 5.90. The molecule has 3 unspecified atom stereocenters. The Bertz CT molecular complexity index is 226. The summed E-state index contributed by atoms with van der Waals surface area (Å²) in [7, 11) is 0. The van der Waals surface area contributed by atoms with E-state index in [1.165, 1.54) is 6.42 Å². The zero-order valence-electron chi connectivity index (χ0n) is 9.67. The number of nitrogens with two attached hydrogens (primary N) is 1. The number of hydrogen-bond acceptors (Lipinski definition) is 3. The van der Waals surface area contributed by atoms with Gasteiger partial charge < -0.3 is 15.6 Å². The summed E-state index contributed by atoms with van der Waals surface area (Å²) < 4.78 is 5.36. The number of ether oxygens (including phenoxy) is 1. The third-order valence-electron chi connectivity index (χ3n) is 4.32. The largest absolute Gasteiger partial charge is 0.388 e. The standard InChI is InChI=1S/C12H23NO2/c1-10-3-2-5-12(14,6-4-10)11(13)7-8-15-9-11/h10,14H,2-9,13H2,1H3. The van der Waals surface area contributed by atoms with E-state index in [4.69, 9.17) is 10.5 Å². The van der Waals surface area contributed by atoms with Crippen molar-refractivity contribution in [2.45, 2.75) is 56.6 Å². The first-order valence-corrected chi connectivity index (χ1v) is 6.15. The van der Waals surface area contributed by atoms with Crippen molar-refractivity contribution in [1.82, 2.24) is 0 Å². The molecular weight excluding hydrogens is 190 g/mol. The second kappa shape index (κ2) is 4.04. The van der Waals surface area contributed by atoms with Crippen LogP contribution < -0.4 is 5.73 Å². The first-order chi connectivity index (χ1) is 7.06. The fraction of sp³-hybridized carbons (Fsp3) is 1.00. The van der Waals surface area contributed by atoms with Crippen molar-refractivity contribution >= 4 is 0 Å². The average Bonchev–Trinajstić information content (AvgIpc) is 2.56. The van der Waals surface area contributed by atoms with E-state index in [1.807, 2.05) is 0 Å². The minimum Gasteiger partial charge on any atom is -0.388 e. The Morgan fingerprint density at radius 3 is 2.73 bits per heavy atom. The Morgan fingerprint density at radius 2 is 2.07 bits per heavy atom. The van der Waals surface area contributed by atoms with E-state index in [9.17, 15) is 5.11 Å². The molecule has 1 saturated heterocycles. The summed E-state index contributed by atoms with van der Waals surface area (Å²) in [5.41, 5.74) is 5.13. The molecule has 1 aliphatic heterocycles. The monoisotopic (exact) mass is 213 g/mol. The van der Waals surface area contributed by atoms with Gasteiger partial charge in [-0.25, -0.2) is 0 Å². The summed E-state index contributed by atoms with van der Waals surface area (Å²) in [6.45, 7) is 3.49. The van der Waals surface area contributed by atoms with Crippen LogP contribution >= 0.6 is 0 Å². The zero-order valence-corrected chi connectivity index (χ0v) is 9.67. The van der Waals surface area contributed by atoms with Crippen LogP contribution in [-0.4, -0.2) is 29.5 Å². The highest BCUT2D eigenvalue weighted by Gasteiger charge is 2.49. The summed E-state index contributed by atoms with van der Waals surface area (Å²) in [5.74, 6) is 0.727. The minimum atomic E-state index is -0.686. The lowest BCUT2D eigenvalue weighted by molar-refractivity contribution is -0.0515. The molecule has 0 radical (unpaired) electrons. The molecule has 3 nitrogen and oxygen atoms in total. The van der Waals surface area contributed by atoms with Crippen molar-refractivity contribution < 1.29 is 9.84 Å². The Kier molecular flexibility index (Phi) is 3.06. The molecule has 2 fully saturated rings. The van der Waals surface area contributed by atoms with Crippen LogP contribution in [0.15, 0.2) is 0 Å². The number of hydrogen-bond donors (Lipinski definition) is 2. The van der Waals surface area contributed by atoms with E-state index in [2.05, 4.69) is 6.92 Å². The fourth-order valence-electron chi connectivity index (χ4n) is 2.94. The lowest BCUT2D eigenvalue weighted by Crippen LogP contribution is -2.61. The van der Waals surface area contributed by atoms with Crippen LogP contribution in [0.4, 0.5) is 0 Å². The Morgan fingerprint density at radius 1 is 1.27 bits per heavy atom. The maximum Gasteiger partial charge on any atom is 0.0849 e. The van der Waals surface area contributed by atoms with Crippen molar-refractivity contribution in [3.8, 4) is 0 Å². The van der Waals surface area contributed by atoms with Crippen molar-refractivity contribution in [3.63, 3.8) is 0 Å². The van der Waals surface area contributed by atoms with Gasteiger partial charge in [0.2, 0.25) is 0 Å². The van der Waals surface area contributed by atoms with Crippen LogP contribution in [0.3, 0.4) is 0 Å². The highest BCUT2D eigenvalue weighted by molar-refractivity contribution is 5.06. The predicted molar refractivity (Wildman–Crippen MR) is 59.6 cm³/mol. The molecular formula is C12H23NO2. The van der Waals surface area contributed by atoms with Gasteiger partial charge >= 0.3 is 0 Å². The lowest BCUT2D eigenvalue weighted by atomic mass is 9.74. The van der Waals surface area contributed by atoms with Gasteiger partial charge in [-0.05, 0) is 31.6 Å². The highest BCUT2D eigenvalue weighted by Crippen LogP contribution is 2.40. The molecule has 2 aliphatic rings. The SMILES string of the molecule is CC1CCCC(O)(C2(N)CCOC2)CC1. The lowest BCUT2D eigenvalue weighted by Gasteiger charge is -2.41. The summed E-state index contributed by atoms with van der Waals surface area (Å²) in [6, 6.07) is 0. The molecule has 88 valence electrons. The first kappa shape index (κ1) is 11.4. The molecule has 0 aromatic rings. The fourth-order valence-corrected chi connectivity index (χ4v) is 2.94. The summed E-state index contributed by atoms with van der Waals surface area (Å²) in [4.78, 5) is 0. The van der Waals surface area contributed by atoms with Gasteiger partial charge in [-0.15, -0.1) is 0 Å². The molecule has 0 spiro atoms. The molecule has 3 N–H and O–H groups in total. The minimum absolute atomic E-state index is 0.489. The third kappa shape index (κ3) is 2.05. The summed E-state index contributed by atoms with van der Waals surface area (Å²) >= 11 is 0. The first-order valence-electron chi connectivity index (χ1n) is 6.15. The smallest absolute Gasteiger partial charge is 0.0849 e. The Labute approximate surface area is 92.0 Å². The van der Waals surface area contributed by atoms with E-state index in [0.717, 1.165) is 38.0 Å². The summed E-state index contributed by atoms with van der Waals surface area (Å²) in [5, 5.41) is 10.7. The Balaban J connectivity index is 2.10. The van der Waals surface area contributed by atoms with Gasteiger partial charge in [-0.2, -0.15) is 0 Å². The quantitative estimate of drug-likeness (QED) is 0.648. The van der Waals surface area contributed by atoms with Crippen LogP contribution in [0, 0.1) is 5.92 Å². The number of rotatable bonds is 1. The molecule has 0 amide bonds. The molecule has 3 atom stereocenters.